The number of halogens is 3. The van der Waals surface area contributed by atoms with Crippen molar-refractivity contribution in [3.05, 3.63) is 81.8 Å². The Hall–Kier alpha value is -2.87. The van der Waals surface area contributed by atoms with Crippen LogP contribution in [0.5, 0.6) is 5.75 Å². The van der Waals surface area contributed by atoms with E-state index in [1.165, 1.54) is 41.5 Å². The van der Waals surface area contributed by atoms with Crippen molar-refractivity contribution in [2.75, 3.05) is 7.05 Å². The Morgan fingerprint density at radius 1 is 1.18 bits per heavy atom. The van der Waals surface area contributed by atoms with Gasteiger partial charge in [-0.05, 0) is 29.8 Å². The fourth-order valence-corrected chi connectivity index (χ4v) is 3.21. The Balaban J connectivity index is 1.71. The number of alkyl halides is 3. The van der Waals surface area contributed by atoms with Crippen molar-refractivity contribution >= 4 is 17.2 Å². The van der Waals surface area contributed by atoms with Gasteiger partial charge in [0.05, 0.1) is 16.8 Å². The Morgan fingerprint density at radius 3 is 2.68 bits per heavy atom. The largest absolute Gasteiger partial charge is 0.487 e. The van der Waals surface area contributed by atoms with Gasteiger partial charge in [0.15, 0.2) is 0 Å². The molecule has 2 aromatic carbocycles. The third kappa shape index (κ3) is 4.89. The van der Waals surface area contributed by atoms with E-state index in [1.54, 1.807) is 29.8 Å². The Labute approximate surface area is 164 Å². The molecule has 8 heteroatoms. The summed E-state index contributed by atoms with van der Waals surface area (Å²) in [6, 6.07) is 11.8. The summed E-state index contributed by atoms with van der Waals surface area (Å²) in [6.07, 6.45) is -4.47. The zero-order valence-corrected chi connectivity index (χ0v) is 15.8. The number of hydrogen-bond donors (Lipinski definition) is 0. The predicted molar refractivity (Wildman–Crippen MR) is 100 cm³/mol. The molecule has 0 spiro atoms. The number of ether oxygens (including phenoxy) is 1. The molecule has 1 aromatic heterocycles. The second kappa shape index (κ2) is 8.43. The summed E-state index contributed by atoms with van der Waals surface area (Å²) in [5, 5.41) is 1.86. The summed E-state index contributed by atoms with van der Waals surface area (Å²) in [6.45, 7) is 0.119. The van der Waals surface area contributed by atoms with Crippen molar-refractivity contribution in [3.8, 4) is 5.75 Å². The van der Waals surface area contributed by atoms with E-state index in [1.807, 2.05) is 5.38 Å². The highest BCUT2D eigenvalue weighted by atomic mass is 32.1. The molecule has 3 rings (SSSR count). The molecule has 0 radical (unpaired) electrons. The van der Waals surface area contributed by atoms with Gasteiger partial charge in [0.2, 0.25) is 0 Å². The van der Waals surface area contributed by atoms with E-state index >= 15 is 0 Å². The van der Waals surface area contributed by atoms with Gasteiger partial charge in [0.25, 0.3) is 5.91 Å². The second-order valence-electron chi connectivity index (χ2n) is 6.11. The average Bonchev–Trinajstić information content (AvgIpc) is 3.19. The topological polar surface area (TPSA) is 42.4 Å². The van der Waals surface area contributed by atoms with Crippen molar-refractivity contribution < 1.29 is 22.7 Å². The summed E-state index contributed by atoms with van der Waals surface area (Å²) in [5.74, 6) is 0.0963. The fourth-order valence-electron chi connectivity index (χ4n) is 2.67. The molecule has 146 valence electrons. The molecule has 0 aliphatic heterocycles. The van der Waals surface area contributed by atoms with Gasteiger partial charge < -0.3 is 9.64 Å². The first-order valence-electron chi connectivity index (χ1n) is 8.35. The van der Waals surface area contributed by atoms with Crippen LogP contribution in [-0.4, -0.2) is 22.8 Å². The standard InChI is InChI=1S/C20H17F3N2O2S/c1-25(10-15-5-2-3-8-18(15)20(21,22)23)19(26)14-6-4-7-17(9-14)27-11-16-12-28-13-24-16/h2-9,12-13H,10-11H2,1H3. The van der Waals surface area contributed by atoms with E-state index in [2.05, 4.69) is 4.98 Å². The summed E-state index contributed by atoms with van der Waals surface area (Å²) in [4.78, 5) is 18.0. The van der Waals surface area contributed by atoms with Crippen molar-refractivity contribution in [3.63, 3.8) is 0 Å². The van der Waals surface area contributed by atoms with Crippen LogP contribution in [0.2, 0.25) is 0 Å². The molecule has 0 unspecified atom stereocenters. The smallest absolute Gasteiger partial charge is 0.416 e. The van der Waals surface area contributed by atoms with Gasteiger partial charge in [-0.15, -0.1) is 11.3 Å². The van der Waals surface area contributed by atoms with E-state index in [9.17, 15) is 18.0 Å². The molecule has 28 heavy (non-hydrogen) atoms. The van der Waals surface area contributed by atoms with Gasteiger partial charge in [0.1, 0.15) is 12.4 Å². The molecule has 0 aliphatic carbocycles. The van der Waals surface area contributed by atoms with Crippen LogP contribution in [0, 0.1) is 0 Å². The normalized spacial score (nSPS) is 11.3. The lowest BCUT2D eigenvalue weighted by molar-refractivity contribution is -0.138. The van der Waals surface area contributed by atoms with Crippen molar-refractivity contribution in [1.82, 2.24) is 9.88 Å². The molecule has 0 N–H and O–H groups in total. The molecule has 3 aromatic rings. The molecule has 4 nitrogen and oxygen atoms in total. The van der Waals surface area contributed by atoms with Crippen LogP contribution < -0.4 is 4.74 Å². The van der Waals surface area contributed by atoms with Crippen LogP contribution in [0.4, 0.5) is 13.2 Å². The number of nitrogens with zero attached hydrogens (tertiary/aromatic N) is 2. The van der Waals surface area contributed by atoms with Crippen molar-refractivity contribution in [1.29, 1.82) is 0 Å². The van der Waals surface area contributed by atoms with Gasteiger partial charge in [-0.2, -0.15) is 13.2 Å². The first-order chi connectivity index (χ1) is 13.3. The lowest BCUT2D eigenvalue weighted by atomic mass is 10.1. The first kappa shape index (κ1) is 19.9. The first-order valence-corrected chi connectivity index (χ1v) is 9.29. The Morgan fingerprint density at radius 2 is 1.96 bits per heavy atom. The lowest BCUT2D eigenvalue weighted by Crippen LogP contribution is -2.27. The quantitative estimate of drug-likeness (QED) is 0.578. The summed E-state index contributed by atoms with van der Waals surface area (Å²) >= 11 is 1.46. The zero-order chi connectivity index (χ0) is 20.1. The maximum Gasteiger partial charge on any atom is 0.416 e. The molecular weight excluding hydrogens is 389 g/mol. The molecular formula is C20H17F3N2O2S. The van der Waals surface area contributed by atoms with Gasteiger partial charge in [0, 0.05) is 24.5 Å². The number of carbonyl (C=O) groups excluding carboxylic acids is 1. The van der Waals surface area contributed by atoms with E-state index in [0.717, 1.165) is 11.8 Å². The van der Waals surface area contributed by atoms with Crippen molar-refractivity contribution in [2.24, 2.45) is 0 Å². The minimum absolute atomic E-state index is 0.0433. The van der Waals surface area contributed by atoms with Gasteiger partial charge in [-0.1, -0.05) is 24.3 Å². The Kier molecular flexibility index (Phi) is 5.99. The van der Waals surface area contributed by atoms with Crippen LogP contribution in [0.3, 0.4) is 0 Å². The number of aromatic nitrogens is 1. The van der Waals surface area contributed by atoms with E-state index in [-0.39, 0.29) is 18.7 Å². The maximum absolute atomic E-state index is 13.2. The number of rotatable bonds is 6. The van der Waals surface area contributed by atoms with Crippen LogP contribution in [0.25, 0.3) is 0 Å². The van der Waals surface area contributed by atoms with E-state index in [4.69, 9.17) is 4.74 Å². The van der Waals surface area contributed by atoms with Crippen LogP contribution in [0.15, 0.2) is 59.4 Å². The molecule has 0 atom stereocenters. The summed E-state index contributed by atoms with van der Waals surface area (Å²) in [5.41, 5.74) is 2.12. The second-order valence-corrected chi connectivity index (χ2v) is 6.83. The molecule has 0 saturated carbocycles. The van der Waals surface area contributed by atoms with Crippen molar-refractivity contribution in [2.45, 2.75) is 19.3 Å². The number of benzene rings is 2. The van der Waals surface area contributed by atoms with E-state index in [0.29, 0.717) is 11.3 Å². The number of hydrogen-bond acceptors (Lipinski definition) is 4. The van der Waals surface area contributed by atoms with Gasteiger partial charge in [-0.25, -0.2) is 4.98 Å². The molecule has 0 bridgehead atoms. The van der Waals surface area contributed by atoms with E-state index < -0.39 is 17.6 Å². The third-order valence-corrected chi connectivity index (χ3v) is 4.66. The molecule has 1 amide bonds. The fraction of sp³-hybridized carbons (Fsp3) is 0.200. The predicted octanol–water partition coefficient (Wildman–Crippen LogP) is 5.01. The minimum Gasteiger partial charge on any atom is -0.487 e. The Bertz CT molecular complexity index is 943. The number of thiazole rings is 1. The van der Waals surface area contributed by atoms with Crippen LogP contribution in [-0.2, 0) is 19.3 Å². The molecule has 1 heterocycles. The molecule has 0 saturated heterocycles. The highest BCUT2D eigenvalue weighted by Crippen LogP contribution is 2.32. The highest BCUT2D eigenvalue weighted by Gasteiger charge is 2.33. The number of carbonyl (C=O) groups is 1. The summed E-state index contributed by atoms with van der Waals surface area (Å²) in [7, 11) is 1.47. The van der Waals surface area contributed by atoms with Gasteiger partial charge >= 0.3 is 6.18 Å². The SMILES string of the molecule is CN(Cc1ccccc1C(F)(F)F)C(=O)c1cccc(OCc2cscn2)c1. The maximum atomic E-state index is 13.2. The molecule has 0 fully saturated rings. The third-order valence-electron chi connectivity index (χ3n) is 4.03. The minimum atomic E-state index is -4.47. The zero-order valence-electron chi connectivity index (χ0n) is 14.9. The van der Waals surface area contributed by atoms with Gasteiger partial charge in [-0.3, -0.25) is 4.79 Å². The monoisotopic (exact) mass is 406 g/mol. The molecule has 0 aliphatic rings. The van der Waals surface area contributed by atoms with Crippen LogP contribution in [0.1, 0.15) is 27.2 Å². The summed E-state index contributed by atoms with van der Waals surface area (Å²) < 4.78 is 45.1. The average molecular weight is 406 g/mol. The lowest BCUT2D eigenvalue weighted by Gasteiger charge is -2.20. The van der Waals surface area contributed by atoms with Crippen LogP contribution >= 0.6 is 11.3 Å². The highest BCUT2D eigenvalue weighted by molar-refractivity contribution is 7.07. The number of amides is 1.